The summed E-state index contributed by atoms with van der Waals surface area (Å²) in [6.07, 6.45) is 4.20. The van der Waals surface area contributed by atoms with Crippen LogP contribution < -0.4 is 11.3 Å². The van der Waals surface area contributed by atoms with Gasteiger partial charge in [-0.15, -0.1) is 0 Å². The molecule has 15 heavy (non-hydrogen) atoms. The van der Waals surface area contributed by atoms with Crippen LogP contribution in [0.3, 0.4) is 0 Å². The van der Waals surface area contributed by atoms with E-state index < -0.39 is 0 Å². The van der Waals surface area contributed by atoms with Crippen LogP contribution in [0, 0.1) is 0 Å². The molecule has 0 bridgehead atoms. The summed E-state index contributed by atoms with van der Waals surface area (Å²) in [6, 6.07) is 3.95. The lowest BCUT2D eigenvalue weighted by molar-refractivity contribution is 0.280. The zero-order valence-corrected chi connectivity index (χ0v) is 9.02. The zero-order chi connectivity index (χ0) is 10.8. The predicted octanol–water partition coefficient (Wildman–Crippen LogP) is 0.525. The van der Waals surface area contributed by atoms with Crippen molar-refractivity contribution in [2.75, 3.05) is 19.3 Å². The van der Waals surface area contributed by atoms with Crippen molar-refractivity contribution in [1.29, 1.82) is 0 Å². The van der Waals surface area contributed by atoms with Crippen molar-refractivity contribution in [3.8, 4) is 0 Å². The van der Waals surface area contributed by atoms with Gasteiger partial charge in [-0.3, -0.25) is 4.79 Å². The summed E-state index contributed by atoms with van der Waals surface area (Å²) in [7, 11) is 2.11. The molecule has 1 atom stereocenters. The van der Waals surface area contributed by atoms with E-state index in [2.05, 4.69) is 11.9 Å². The summed E-state index contributed by atoms with van der Waals surface area (Å²) < 4.78 is 1.71. The fraction of sp³-hybridized carbons (Fsp3) is 0.545. The molecule has 0 aliphatic carbocycles. The molecule has 1 saturated heterocycles. The van der Waals surface area contributed by atoms with E-state index in [1.54, 1.807) is 10.6 Å². The van der Waals surface area contributed by atoms with Crippen molar-refractivity contribution in [2.45, 2.75) is 25.4 Å². The number of likely N-dealkylation sites (N-methyl/N-ethyl adjacent to an activating group) is 1. The van der Waals surface area contributed by atoms with Gasteiger partial charge in [0.15, 0.2) is 0 Å². The molecule has 1 aliphatic rings. The standard InChI is InChI=1S/C11H17N3O/c1-13-6-2-4-9(13)8-14-7-3-5-10(12)11(14)15/h3,5,7,9H,2,4,6,8,12H2,1H3. The molecular formula is C11H17N3O. The molecule has 1 fully saturated rings. The van der Waals surface area contributed by atoms with Gasteiger partial charge in [0.05, 0.1) is 5.69 Å². The first-order valence-corrected chi connectivity index (χ1v) is 5.33. The second kappa shape index (κ2) is 4.06. The van der Waals surface area contributed by atoms with Crippen LogP contribution in [0.2, 0.25) is 0 Å². The molecule has 0 radical (unpaired) electrons. The maximum absolute atomic E-state index is 11.7. The van der Waals surface area contributed by atoms with Crippen molar-refractivity contribution in [1.82, 2.24) is 9.47 Å². The lowest BCUT2D eigenvalue weighted by atomic mass is 10.2. The first kappa shape index (κ1) is 10.2. The van der Waals surface area contributed by atoms with E-state index in [4.69, 9.17) is 5.73 Å². The third-order valence-corrected chi connectivity index (χ3v) is 3.13. The number of nitrogen functional groups attached to an aromatic ring is 1. The van der Waals surface area contributed by atoms with Gasteiger partial charge in [-0.1, -0.05) is 0 Å². The van der Waals surface area contributed by atoms with Crippen molar-refractivity contribution in [2.24, 2.45) is 0 Å². The van der Waals surface area contributed by atoms with Crippen LogP contribution in [0.1, 0.15) is 12.8 Å². The number of rotatable bonds is 2. The second-order valence-electron chi connectivity index (χ2n) is 4.20. The van der Waals surface area contributed by atoms with E-state index in [1.807, 2.05) is 12.3 Å². The van der Waals surface area contributed by atoms with E-state index in [1.165, 1.54) is 6.42 Å². The Kier molecular flexibility index (Phi) is 2.77. The number of anilines is 1. The largest absolute Gasteiger partial charge is 0.394 e. The highest BCUT2D eigenvalue weighted by Crippen LogP contribution is 2.15. The van der Waals surface area contributed by atoms with Crippen LogP contribution in [-0.2, 0) is 6.54 Å². The third kappa shape index (κ3) is 2.04. The smallest absolute Gasteiger partial charge is 0.273 e. The van der Waals surface area contributed by atoms with Gasteiger partial charge in [0.2, 0.25) is 0 Å². The number of pyridine rings is 1. The fourth-order valence-electron chi connectivity index (χ4n) is 2.14. The highest BCUT2D eigenvalue weighted by atomic mass is 16.1. The molecule has 1 aliphatic heterocycles. The van der Waals surface area contributed by atoms with Gasteiger partial charge in [0.25, 0.3) is 5.56 Å². The predicted molar refractivity (Wildman–Crippen MR) is 60.8 cm³/mol. The Morgan fingerprint density at radius 2 is 2.40 bits per heavy atom. The quantitative estimate of drug-likeness (QED) is 0.769. The van der Waals surface area contributed by atoms with Gasteiger partial charge >= 0.3 is 0 Å². The number of aromatic nitrogens is 1. The summed E-state index contributed by atoms with van der Waals surface area (Å²) in [5.74, 6) is 0. The molecule has 2 rings (SSSR count). The van der Waals surface area contributed by atoms with Gasteiger partial charge < -0.3 is 15.2 Å². The SMILES string of the molecule is CN1CCCC1Cn1cccc(N)c1=O. The van der Waals surface area contributed by atoms with Crippen LogP contribution in [-0.4, -0.2) is 29.1 Å². The highest BCUT2D eigenvalue weighted by molar-refractivity contribution is 5.33. The Morgan fingerprint density at radius 3 is 3.07 bits per heavy atom. The molecule has 0 amide bonds. The Morgan fingerprint density at radius 1 is 1.60 bits per heavy atom. The molecule has 0 spiro atoms. The maximum atomic E-state index is 11.7. The van der Waals surface area contributed by atoms with Gasteiger partial charge in [0.1, 0.15) is 0 Å². The Hall–Kier alpha value is -1.29. The van der Waals surface area contributed by atoms with Crippen molar-refractivity contribution >= 4 is 5.69 Å². The molecule has 0 aromatic carbocycles. The van der Waals surface area contributed by atoms with Crippen molar-refractivity contribution < 1.29 is 0 Å². The fourth-order valence-corrected chi connectivity index (χ4v) is 2.14. The van der Waals surface area contributed by atoms with Crippen LogP contribution in [0.4, 0.5) is 5.69 Å². The van der Waals surface area contributed by atoms with Crippen LogP contribution >= 0.6 is 0 Å². The number of nitrogens with zero attached hydrogens (tertiary/aromatic N) is 2. The number of nitrogens with two attached hydrogens (primary N) is 1. The van der Waals surface area contributed by atoms with E-state index in [0.29, 0.717) is 11.7 Å². The van der Waals surface area contributed by atoms with Crippen molar-refractivity contribution in [3.63, 3.8) is 0 Å². The van der Waals surface area contributed by atoms with Crippen LogP contribution in [0.5, 0.6) is 0 Å². The lowest BCUT2D eigenvalue weighted by Crippen LogP contribution is -2.34. The van der Waals surface area contributed by atoms with Crippen LogP contribution in [0.15, 0.2) is 23.1 Å². The number of hydrogen-bond donors (Lipinski definition) is 1. The summed E-state index contributed by atoms with van der Waals surface area (Å²) in [5.41, 5.74) is 5.84. The first-order valence-electron chi connectivity index (χ1n) is 5.33. The second-order valence-corrected chi connectivity index (χ2v) is 4.20. The monoisotopic (exact) mass is 207 g/mol. The number of hydrogen-bond acceptors (Lipinski definition) is 3. The minimum Gasteiger partial charge on any atom is -0.394 e. The average molecular weight is 207 g/mol. The molecule has 1 aromatic rings. The van der Waals surface area contributed by atoms with Gasteiger partial charge in [0, 0.05) is 18.8 Å². The first-order chi connectivity index (χ1) is 7.18. The van der Waals surface area contributed by atoms with E-state index >= 15 is 0 Å². The number of likely N-dealkylation sites (tertiary alicyclic amines) is 1. The van der Waals surface area contributed by atoms with E-state index in [-0.39, 0.29) is 5.56 Å². The normalized spacial score (nSPS) is 22.1. The highest BCUT2D eigenvalue weighted by Gasteiger charge is 2.21. The average Bonchev–Trinajstić information content (AvgIpc) is 2.60. The Bertz CT molecular complexity index is 399. The molecule has 1 aromatic heterocycles. The van der Waals surface area contributed by atoms with Gasteiger partial charge in [-0.05, 0) is 38.6 Å². The lowest BCUT2D eigenvalue weighted by Gasteiger charge is -2.20. The Balaban J connectivity index is 2.17. The van der Waals surface area contributed by atoms with Crippen molar-refractivity contribution in [3.05, 3.63) is 28.7 Å². The zero-order valence-electron chi connectivity index (χ0n) is 9.02. The summed E-state index contributed by atoms with van der Waals surface area (Å²) in [4.78, 5) is 14.0. The molecule has 1 unspecified atom stereocenters. The van der Waals surface area contributed by atoms with Crippen LogP contribution in [0.25, 0.3) is 0 Å². The molecule has 0 saturated carbocycles. The summed E-state index contributed by atoms with van der Waals surface area (Å²) in [5, 5.41) is 0. The van der Waals surface area contributed by atoms with E-state index in [9.17, 15) is 4.79 Å². The minimum atomic E-state index is -0.0715. The maximum Gasteiger partial charge on any atom is 0.273 e. The summed E-state index contributed by atoms with van der Waals surface area (Å²) in [6.45, 7) is 1.88. The molecule has 4 heteroatoms. The van der Waals surface area contributed by atoms with Gasteiger partial charge in [-0.2, -0.15) is 0 Å². The van der Waals surface area contributed by atoms with E-state index in [0.717, 1.165) is 19.5 Å². The topological polar surface area (TPSA) is 51.3 Å². The molecule has 4 nitrogen and oxygen atoms in total. The molecule has 2 N–H and O–H groups in total. The minimum absolute atomic E-state index is 0.0715. The van der Waals surface area contributed by atoms with Gasteiger partial charge in [-0.25, -0.2) is 0 Å². The molecular weight excluding hydrogens is 190 g/mol. The third-order valence-electron chi connectivity index (χ3n) is 3.13. The Labute approximate surface area is 89.3 Å². The molecule has 82 valence electrons. The summed E-state index contributed by atoms with van der Waals surface area (Å²) >= 11 is 0. The molecule has 2 heterocycles.